The zero-order valence-electron chi connectivity index (χ0n) is 19.8. The van der Waals surface area contributed by atoms with Crippen molar-refractivity contribution in [2.45, 2.75) is 38.3 Å². The largest absolute Gasteiger partial charge is 0.497 e. The van der Waals surface area contributed by atoms with Crippen molar-refractivity contribution in [3.63, 3.8) is 0 Å². The van der Waals surface area contributed by atoms with Gasteiger partial charge in [0, 0.05) is 24.5 Å². The third-order valence-corrected chi connectivity index (χ3v) is 6.75. The lowest BCUT2D eigenvalue weighted by molar-refractivity contribution is -0.137. The summed E-state index contributed by atoms with van der Waals surface area (Å²) in [7, 11) is 1.59. The van der Waals surface area contributed by atoms with Crippen LogP contribution in [0, 0.1) is 23.7 Å². The molecule has 8 heteroatoms. The van der Waals surface area contributed by atoms with Crippen molar-refractivity contribution in [2.24, 2.45) is 11.8 Å². The van der Waals surface area contributed by atoms with Crippen molar-refractivity contribution < 1.29 is 23.4 Å². The summed E-state index contributed by atoms with van der Waals surface area (Å²) >= 11 is 0. The van der Waals surface area contributed by atoms with Gasteiger partial charge in [-0.25, -0.2) is 9.37 Å². The highest BCUT2D eigenvalue weighted by Crippen LogP contribution is 2.36. The fraction of sp³-hybridized carbons (Fsp3) is 0.444. The Morgan fingerprint density at radius 2 is 2.17 bits per heavy atom. The van der Waals surface area contributed by atoms with Gasteiger partial charge < -0.3 is 14.3 Å². The molecule has 1 aromatic carbocycles. The summed E-state index contributed by atoms with van der Waals surface area (Å²) in [5.74, 6) is 6.70. The average Bonchev–Trinajstić information content (AvgIpc) is 3.39. The summed E-state index contributed by atoms with van der Waals surface area (Å²) < 4.78 is 25.9. The van der Waals surface area contributed by atoms with Crippen LogP contribution in [-0.2, 0) is 4.79 Å². The smallest absolute Gasteiger partial charge is 0.303 e. The van der Waals surface area contributed by atoms with Gasteiger partial charge in [0.2, 0.25) is 0 Å². The van der Waals surface area contributed by atoms with Gasteiger partial charge in [-0.15, -0.1) is 0 Å². The minimum Gasteiger partial charge on any atom is -0.497 e. The van der Waals surface area contributed by atoms with Gasteiger partial charge in [0.1, 0.15) is 18.2 Å². The number of carboxylic acids is 1. The molecular formula is C27H30FN3O4. The van der Waals surface area contributed by atoms with Crippen LogP contribution in [0.15, 0.2) is 47.3 Å². The van der Waals surface area contributed by atoms with Gasteiger partial charge in [0.15, 0.2) is 0 Å². The van der Waals surface area contributed by atoms with Crippen LogP contribution < -0.4 is 4.74 Å². The van der Waals surface area contributed by atoms with E-state index in [0.29, 0.717) is 43.0 Å². The number of pyridine rings is 1. The fourth-order valence-corrected chi connectivity index (χ4v) is 4.89. The number of ether oxygens (including phenoxy) is 1. The molecule has 184 valence electrons. The molecule has 1 aliphatic rings. The second-order valence-electron chi connectivity index (χ2n) is 8.94. The van der Waals surface area contributed by atoms with E-state index >= 15 is 4.39 Å². The molecule has 4 rings (SSSR count). The summed E-state index contributed by atoms with van der Waals surface area (Å²) in [6.45, 7) is 2.17. The first kappa shape index (κ1) is 24.7. The van der Waals surface area contributed by atoms with Gasteiger partial charge in [-0.2, -0.15) is 0 Å². The maximum absolute atomic E-state index is 15.5. The van der Waals surface area contributed by atoms with E-state index in [2.05, 4.69) is 26.7 Å². The second-order valence-corrected chi connectivity index (χ2v) is 8.94. The SMILES string of the molecule is COc1ccc2nccc([C@H](F)CC[C@@H]3CCN(CC#Cc4ncco4)C[C@H]3CCC(=O)O)c2c1. The van der Waals surface area contributed by atoms with E-state index in [9.17, 15) is 9.90 Å². The number of hydrogen-bond acceptors (Lipinski definition) is 6. The standard InChI is InChI=1S/C27H30FN3O4/c1-34-21-6-8-25-23(17-21)22(10-12-29-25)24(28)7-4-19-11-15-31(18-20(19)5-9-27(32)33)14-2-3-26-30-13-16-35-26/h6,8,10,12-13,16-17,19-20,24H,4-5,7,9,11,14-15,18H2,1H3,(H,32,33)/t19-,20-,24-/m1/s1. The topological polar surface area (TPSA) is 88.7 Å². The van der Waals surface area contributed by atoms with Crippen molar-refractivity contribution in [2.75, 3.05) is 26.7 Å². The van der Waals surface area contributed by atoms with Crippen LogP contribution in [0.2, 0.25) is 0 Å². The monoisotopic (exact) mass is 479 g/mol. The molecule has 35 heavy (non-hydrogen) atoms. The van der Waals surface area contributed by atoms with Gasteiger partial charge in [-0.1, -0.05) is 5.92 Å². The molecule has 3 atom stereocenters. The van der Waals surface area contributed by atoms with Crippen molar-refractivity contribution in [3.8, 4) is 17.6 Å². The number of methoxy groups -OCH3 is 1. The molecule has 0 aliphatic carbocycles. The van der Waals surface area contributed by atoms with Gasteiger partial charge >= 0.3 is 5.97 Å². The number of carboxylic acid groups (broad SMARTS) is 1. The van der Waals surface area contributed by atoms with E-state index in [4.69, 9.17) is 9.15 Å². The molecule has 1 fully saturated rings. The molecule has 1 aliphatic heterocycles. The number of alkyl halides is 1. The molecule has 0 spiro atoms. The van der Waals surface area contributed by atoms with Crippen LogP contribution in [0.1, 0.15) is 49.7 Å². The normalized spacial score (nSPS) is 19.1. The molecule has 0 amide bonds. The summed E-state index contributed by atoms with van der Waals surface area (Å²) in [6, 6.07) is 7.23. The zero-order chi connectivity index (χ0) is 24.6. The van der Waals surface area contributed by atoms with Gasteiger partial charge in [-0.3, -0.25) is 14.7 Å². The van der Waals surface area contributed by atoms with Crippen molar-refractivity contribution in [1.82, 2.24) is 14.9 Å². The summed E-state index contributed by atoms with van der Waals surface area (Å²) in [6.07, 6.45) is 6.23. The Bertz CT molecular complexity index is 1190. The zero-order valence-corrected chi connectivity index (χ0v) is 19.8. The fourth-order valence-electron chi connectivity index (χ4n) is 4.89. The number of aliphatic carboxylic acids is 1. The molecular weight excluding hydrogens is 449 g/mol. The molecule has 3 heterocycles. The summed E-state index contributed by atoms with van der Waals surface area (Å²) in [4.78, 5) is 21.8. The van der Waals surface area contributed by atoms with Crippen LogP contribution in [0.3, 0.4) is 0 Å². The first-order valence-electron chi connectivity index (χ1n) is 11.9. The molecule has 0 radical (unpaired) electrons. The Balaban J connectivity index is 1.39. The highest BCUT2D eigenvalue weighted by Gasteiger charge is 2.30. The van der Waals surface area contributed by atoms with Crippen LogP contribution in [0.25, 0.3) is 10.9 Å². The number of oxazole rings is 1. The Morgan fingerprint density at radius 1 is 1.29 bits per heavy atom. The predicted octanol–water partition coefficient (Wildman–Crippen LogP) is 4.88. The molecule has 1 saturated heterocycles. The van der Waals surface area contributed by atoms with Gasteiger partial charge in [0.05, 0.1) is 25.4 Å². The number of nitrogens with zero attached hydrogens (tertiary/aromatic N) is 3. The number of fused-ring (bicyclic) bond motifs is 1. The highest BCUT2D eigenvalue weighted by molar-refractivity contribution is 5.83. The molecule has 1 N–H and O–H groups in total. The van der Waals surface area contributed by atoms with Crippen LogP contribution in [0.5, 0.6) is 5.75 Å². The van der Waals surface area contributed by atoms with Crippen molar-refractivity contribution in [3.05, 3.63) is 54.4 Å². The minimum absolute atomic E-state index is 0.116. The van der Waals surface area contributed by atoms with Crippen molar-refractivity contribution in [1.29, 1.82) is 0 Å². The van der Waals surface area contributed by atoms with Crippen LogP contribution >= 0.6 is 0 Å². The Hall–Kier alpha value is -3.44. The average molecular weight is 480 g/mol. The van der Waals surface area contributed by atoms with E-state index in [-0.39, 0.29) is 18.3 Å². The number of likely N-dealkylation sites (tertiary alicyclic amines) is 1. The predicted molar refractivity (Wildman–Crippen MR) is 130 cm³/mol. The maximum atomic E-state index is 15.5. The lowest BCUT2D eigenvalue weighted by Gasteiger charge is -2.38. The van der Waals surface area contributed by atoms with E-state index in [1.54, 1.807) is 25.6 Å². The third-order valence-electron chi connectivity index (χ3n) is 6.75. The van der Waals surface area contributed by atoms with E-state index in [1.165, 1.54) is 6.26 Å². The first-order chi connectivity index (χ1) is 17.0. The van der Waals surface area contributed by atoms with Crippen LogP contribution in [0.4, 0.5) is 4.39 Å². The molecule has 7 nitrogen and oxygen atoms in total. The number of aromatic nitrogens is 2. The quantitative estimate of drug-likeness (QED) is 0.438. The third kappa shape index (κ3) is 6.58. The van der Waals surface area contributed by atoms with E-state index in [0.717, 1.165) is 30.4 Å². The lowest BCUT2D eigenvalue weighted by Crippen LogP contribution is -2.41. The molecule has 0 unspecified atom stereocenters. The molecule has 0 bridgehead atoms. The summed E-state index contributed by atoms with van der Waals surface area (Å²) in [5.41, 5.74) is 1.36. The van der Waals surface area contributed by atoms with Crippen LogP contribution in [-0.4, -0.2) is 52.7 Å². The highest BCUT2D eigenvalue weighted by atomic mass is 19.1. The Kier molecular flexibility index (Phi) is 8.32. The number of carbonyl (C=O) groups is 1. The number of rotatable bonds is 9. The van der Waals surface area contributed by atoms with Gasteiger partial charge in [-0.05, 0) is 79.8 Å². The van der Waals surface area contributed by atoms with Gasteiger partial charge in [0.25, 0.3) is 5.89 Å². The molecule has 3 aromatic rings. The first-order valence-corrected chi connectivity index (χ1v) is 11.9. The van der Waals surface area contributed by atoms with E-state index in [1.807, 2.05) is 18.2 Å². The van der Waals surface area contributed by atoms with Crippen molar-refractivity contribution >= 4 is 16.9 Å². The number of piperidine rings is 1. The minimum atomic E-state index is -1.13. The lowest BCUT2D eigenvalue weighted by atomic mass is 9.79. The molecule has 2 aromatic heterocycles. The summed E-state index contributed by atoms with van der Waals surface area (Å²) in [5, 5.41) is 9.99. The Labute approximate surface area is 204 Å². The second kappa shape index (κ2) is 11.8. The number of halogens is 1. The number of benzene rings is 1. The Morgan fingerprint density at radius 3 is 2.94 bits per heavy atom. The number of hydrogen-bond donors (Lipinski definition) is 1. The van der Waals surface area contributed by atoms with E-state index < -0.39 is 12.1 Å². The molecule has 0 saturated carbocycles. The maximum Gasteiger partial charge on any atom is 0.303 e.